The second kappa shape index (κ2) is 8.07. The zero-order valence-corrected chi connectivity index (χ0v) is 15.4. The number of fused-ring (bicyclic) bond motifs is 1. The normalized spacial score (nSPS) is 17.3. The van der Waals surface area contributed by atoms with Crippen molar-refractivity contribution in [2.24, 2.45) is 0 Å². The first-order valence-corrected chi connectivity index (χ1v) is 8.79. The van der Waals surface area contributed by atoms with E-state index in [9.17, 15) is 9.59 Å². The third-order valence-electron chi connectivity index (χ3n) is 4.40. The van der Waals surface area contributed by atoms with Crippen LogP contribution >= 0.6 is 11.6 Å². The molecule has 8 heteroatoms. The summed E-state index contributed by atoms with van der Waals surface area (Å²) in [6, 6.07) is 3.21. The summed E-state index contributed by atoms with van der Waals surface area (Å²) in [7, 11) is 0. The molecule has 1 aliphatic rings. The van der Waals surface area contributed by atoms with Gasteiger partial charge >= 0.3 is 5.63 Å². The number of aryl methyl sites for hydroxylation is 1. The monoisotopic (exact) mass is 380 g/mol. The Morgan fingerprint density at radius 2 is 2.19 bits per heavy atom. The standard InChI is InChI=1S/C18H21ClN2O5/c1-10-11(2)18(23)26-15-6-16(14(19)5-13(10)15)25-9-17(22)21-8-12-7-20-3-4-24-12/h5-6,12,20H,3-4,7-9H2,1-2H3,(H,21,22). The molecular weight excluding hydrogens is 360 g/mol. The summed E-state index contributed by atoms with van der Waals surface area (Å²) >= 11 is 6.24. The molecule has 2 heterocycles. The highest BCUT2D eigenvalue weighted by atomic mass is 35.5. The van der Waals surface area contributed by atoms with Crippen LogP contribution in [-0.2, 0) is 9.53 Å². The van der Waals surface area contributed by atoms with Gasteiger partial charge in [0, 0.05) is 36.7 Å². The van der Waals surface area contributed by atoms with Gasteiger partial charge in [0.05, 0.1) is 17.7 Å². The van der Waals surface area contributed by atoms with Crippen molar-refractivity contribution in [3.63, 3.8) is 0 Å². The van der Waals surface area contributed by atoms with E-state index in [2.05, 4.69) is 10.6 Å². The summed E-state index contributed by atoms with van der Waals surface area (Å²) in [5, 5.41) is 7.04. The van der Waals surface area contributed by atoms with E-state index in [-0.39, 0.29) is 24.4 Å². The second-order valence-corrected chi connectivity index (χ2v) is 6.62. The summed E-state index contributed by atoms with van der Waals surface area (Å²) in [6.07, 6.45) is -0.0440. The van der Waals surface area contributed by atoms with Gasteiger partial charge in [-0.25, -0.2) is 4.79 Å². The summed E-state index contributed by atoms with van der Waals surface area (Å²) in [5.74, 6) is 0.00757. The van der Waals surface area contributed by atoms with E-state index in [0.717, 1.165) is 17.5 Å². The number of hydrogen-bond acceptors (Lipinski definition) is 6. The summed E-state index contributed by atoms with van der Waals surface area (Å²) in [6.45, 7) is 5.91. The molecule has 7 nitrogen and oxygen atoms in total. The lowest BCUT2D eigenvalue weighted by molar-refractivity contribution is -0.123. The number of halogens is 1. The fraction of sp³-hybridized carbons (Fsp3) is 0.444. The van der Waals surface area contributed by atoms with E-state index in [1.54, 1.807) is 13.0 Å². The van der Waals surface area contributed by atoms with Gasteiger partial charge in [0.2, 0.25) is 0 Å². The van der Waals surface area contributed by atoms with Gasteiger partial charge in [0.1, 0.15) is 11.3 Å². The predicted octanol–water partition coefficient (Wildman–Crippen LogP) is 1.55. The van der Waals surface area contributed by atoms with E-state index in [0.29, 0.717) is 35.9 Å². The Balaban J connectivity index is 1.65. The molecule has 0 saturated carbocycles. The molecule has 1 aromatic heterocycles. The van der Waals surface area contributed by atoms with Gasteiger partial charge in [0.25, 0.3) is 5.91 Å². The lowest BCUT2D eigenvalue weighted by Gasteiger charge is -2.23. The number of amides is 1. The molecule has 1 atom stereocenters. The zero-order chi connectivity index (χ0) is 18.7. The minimum Gasteiger partial charge on any atom is -0.482 e. The van der Waals surface area contributed by atoms with Gasteiger partial charge in [-0.15, -0.1) is 0 Å². The fourth-order valence-corrected chi connectivity index (χ4v) is 2.95. The maximum atomic E-state index is 12.0. The molecule has 1 aliphatic heterocycles. The van der Waals surface area contributed by atoms with Crippen LogP contribution in [0.25, 0.3) is 11.0 Å². The highest BCUT2D eigenvalue weighted by molar-refractivity contribution is 6.32. The van der Waals surface area contributed by atoms with E-state index in [1.807, 2.05) is 6.92 Å². The number of ether oxygens (including phenoxy) is 2. The van der Waals surface area contributed by atoms with Crippen LogP contribution in [0.15, 0.2) is 21.3 Å². The average molecular weight is 381 g/mol. The van der Waals surface area contributed by atoms with Gasteiger partial charge in [-0.2, -0.15) is 0 Å². The molecular formula is C18H21ClN2O5. The number of carbonyl (C=O) groups excluding carboxylic acids is 1. The van der Waals surface area contributed by atoms with Crippen LogP contribution in [0.5, 0.6) is 5.75 Å². The predicted molar refractivity (Wildman–Crippen MR) is 98.1 cm³/mol. The minimum atomic E-state index is -0.401. The molecule has 2 aromatic rings. The largest absolute Gasteiger partial charge is 0.482 e. The molecule has 1 unspecified atom stereocenters. The summed E-state index contributed by atoms with van der Waals surface area (Å²) < 4.78 is 16.3. The Labute approximate surface area is 155 Å². The molecule has 0 bridgehead atoms. The van der Waals surface area contributed by atoms with Crippen molar-refractivity contribution in [3.05, 3.63) is 38.7 Å². The molecule has 1 saturated heterocycles. The second-order valence-electron chi connectivity index (χ2n) is 6.21. The molecule has 1 fully saturated rings. The van der Waals surface area contributed by atoms with Gasteiger partial charge in [-0.05, 0) is 25.5 Å². The number of rotatable bonds is 5. The van der Waals surface area contributed by atoms with Crippen LogP contribution in [0.1, 0.15) is 11.1 Å². The molecule has 1 aromatic carbocycles. The van der Waals surface area contributed by atoms with Crippen LogP contribution in [0.2, 0.25) is 5.02 Å². The first-order valence-electron chi connectivity index (χ1n) is 8.41. The first-order chi connectivity index (χ1) is 12.5. The van der Waals surface area contributed by atoms with Crippen molar-refractivity contribution < 1.29 is 18.7 Å². The average Bonchev–Trinajstić information content (AvgIpc) is 2.64. The number of benzene rings is 1. The first kappa shape index (κ1) is 18.7. The lowest BCUT2D eigenvalue weighted by atomic mass is 10.1. The molecule has 140 valence electrons. The van der Waals surface area contributed by atoms with E-state index < -0.39 is 5.63 Å². The van der Waals surface area contributed by atoms with E-state index >= 15 is 0 Å². The third kappa shape index (κ3) is 4.17. The molecule has 3 rings (SSSR count). The lowest BCUT2D eigenvalue weighted by Crippen LogP contribution is -2.45. The van der Waals surface area contributed by atoms with E-state index in [1.165, 1.54) is 6.07 Å². The van der Waals surface area contributed by atoms with Gasteiger partial charge in [-0.3, -0.25) is 4.79 Å². The Bertz CT molecular complexity index is 874. The van der Waals surface area contributed by atoms with Crippen molar-refractivity contribution in [2.45, 2.75) is 20.0 Å². The Kier molecular flexibility index (Phi) is 5.80. The highest BCUT2D eigenvalue weighted by Gasteiger charge is 2.16. The van der Waals surface area contributed by atoms with Crippen molar-refractivity contribution >= 4 is 28.5 Å². The topological polar surface area (TPSA) is 89.8 Å². The number of nitrogens with one attached hydrogen (secondary N) is 2. The third-order valence-corrected chi connectivity index (χ3v) is 4.69. The summed E-state index contributed by atoms with van der Waals surface area (Å²) in [5.41, 5.74) is 1.33. The maximum absolute atomic E-state index is 12.0. The number of hydrogen-bond donors (Lipinski definition) is 2. The quantitative estimate of drug-likeness (QED) is 0.765. The fourth-order valence-electron chi connectivity index (χ4n) is 2.73. The van der Waals surface area contributed by atoms with Crippen LogP contribution in [-0.4, -0.2) is 44.9 Å². The molecule has 0 aliphatic carbocycles. The van der Waals surface area contributed by atoms with Gasteiger partial charge in [0.15, 0.2) is 6.61 Å². The van der Waals surface area contributed by atoms with Gasteiger partial charge < -0.3 is 24.5 Å². The number of carbonyl (C=O) groups is 1. The Morgan fingerprint density at radius 3 is 2.92 bits per heavy atom. The number of morpholine rings is 1. The Morgan fingerprint density at radius 1 is 1.38 bits per heavy atom. The Hall–Kier alpha value is -2.09. The SMILES string of the molecule is Cc1c(C)c2cc(Cl)c(OCC(=O)NCC3CNCCO3)cc2oc1=O. The summed E-state index contributed by atoms with van der Waals surface area (Å²) in [4.78, 5) is 23.8. The highest BCUT2D eigenvalue weighted by Crippen LogP contribution is 2.31. The van der Waals surface area contributed by atoms with Crippen molar-refractivity contribution in [3.8, 4) is 5.75 Å². The van der Waals surface area contributed by atoms with Crippen molar-refractivity contribution in [1.82, 2.24) is 10.6 Å². The molecule has 0 radical (unpaired) electrons. The van der Waals surface area contributed by atoms with Crippen LogP contribution in [0, 0.1) is 13.8 Å². The van der Waals surface area contributed by atoms with Crippen LogP contribution in [0.3, 0.4) is 0 Å². The molecule has 26 heavy (non-hydrogen) atoms. The van der Waals surface area contributed by atoms with E-state index in [4.69, 9.17) is 25.5 Å². The zero-order valence-electron chi connectivity index (χ0n) is 14.7. The van der Waals surface area contributed by atoms with Gasteiger partial charge in [-0.1, -0.05) is 11.6 Å². The van der Waals surface area contributed by atoms with Crippen LogP contribution in [0.4, 0.5) is 0 Å². The minimum absolute atomic E-state index is 0.0440. The molecule has 1 amide bonds. The molecule has 2 N–H and O–H groups in total. The van der Waals surface area contributed by atoms with Crippen molar-refractivity contribution in [1.29, 1.82) is 0 Å². The maximum Gasteiger partial charge on any atom is 0.339 e. The smallest absolute Gasteiger partial charge is 0.339 e. The van der Waals surface area contributed by atoms with Crippen molar-refractivity contribution in [2.75, 3.05) is 32.8 Å². The molecule has 0 spiro atoms. The van der Waals surface area contributed by atoms with Crippen LogP contribution < -0.4 is 21.0 Å².